The fourth-order valence-corrected chi connectivity index (χ4v) is 2.62. The van der Waals surface area contributed by atoms with Crippen molar-refractivity contribution >= 4 is 11.6 Å². The number of aliphatic imine (C=N–C) groups is 1. The maximum atomic E-state index is 5.74. The van der Waals surface area contributed by atoms with Gasteiger partial charge >= 0.3 is 0 Å². The highest BCUT2D eigenvalue weighted by molar-refractivity contribution is 5.93. The van der Waals surface area contributed by atoms with E-state index in [0.717, 1.165) is 29.2 Å². The summed E-state index contributed by atoms with van der Waals surface area (Å²) in [7, 11) is 5.40. The van der Waals surface area contributed by atoms with E-state index in [9.17, 15) is 0 Å². The van der Waals surface area contributed by atoms with Gasteiger partial charge in [0, 0.05) is 63.8 Å². The molecule has 0 aliphatic heterocycles. The number of nitrogens with zero attached hydrogens (tertiary/aromatic N) is 3. The number of benzene rings is 1. The van der Waals surface area contributed by atoms with Gasteiger partial charge < -0.3 is 20.1 Å². The highest BCUT2D eigenvalue weighted by Crippen LogP contribution is 2.18. The lowest BCUT2D eigenvalue weighted by Gasteiger charge is -2.13. The molecule has 142 valence electrons. The van der Waals surface area contributed by atoms with Gasteiger partial charge in [0.1, 0.15) is 5.75 Å². The first-order valence-electron chi connectivity index (χ1n) is 8.73. The Labute approximate surface area is 155 Å². The topological polar surface area (TPSA) is 72.7 Å². The molecule has 0 aliphatic carbocycles. The fourth-order valence-electron chi connectivity index (χ4n) is 2.62. The summed E-state index contributed by atoms with van der Waals surface area (Å²) in [6.07, 6.45) is 0.862. The van der Waals surface area contributed by atoms with Crippen LogP contribution in [0.4, 0.5) is 5.69 Å². The Morgan fingerprint density at radius 2 is 2.08 bits per heavy atom. The second kappa shape index (κ2) is 9.82. The summed E-state index contributed by atoms with van der Waals surface area (Å²) < 4.78 is 12.7. The Kier molecular flexibility index (Phi) is 7.47. The Bertz CT molecular complexity index is 740. The monoisotopic (exact) mass is 359 g/mol. The summed E-state index contributed by atoms with van der Waals surface area (Å²) in [6.45, 7) is 6.08. The minimum absolute atomic E-state index is 0.629. The zero-order valence-corrected chi connectivity index (χ0v) is 16.3. The van der Waals surface area contributed by atoms with Gasteiger partial charge in [-0.2, -0.15) is 5.10 Å². The molecule has 0 fully saturated rings. The maximum absolute atomic E-state index is 5.74. The van der Waals surface area contributed by atoms with Crippen molar-refractivity contribution in [1.29, 1.82) is 0 Å². The third-order valence-corrected chi connectivity index (χ3v) is 4.17. The van der Waals surface area contributed by atoms with Crippen LogP contribution in [-0.4, -0.2) is 43.1 Å². The smallest absolute Gasteiger partial charge is 0.195 e. The number of guanidine groups is 1. The van der Waals surface area contributed by atoms with E-state index in [0.29, 0.717) is 25.7 Å². The van der Waals surface area contributed by atoms with E-state index >= 15 is 0 Å². The van der Waals surface area contributed by atoms with Gasteiger partial charge in [-0.3, -0.25) is 9.67 Å². The number of hydrogen-bond acceptors (Lipinski definition) is 4. The predicted molar refractivity (Wildman–Crippen MR) is 105 cm³/mol. The van der Waals surface area contributed by atoms with Crippen LogP contribution in [0.25, 0.3) is 0 Å². The first kappa shape index (κ1) is 19.8. The predicted octanol–water partition coefficient (Wildman–Crippen LogP) is 2.64. The molecule has 7 nitrogen and oxygen atoms in total. The molecule has 0 spiro atoms. The molecule has 0 atom stereocenters. The van der Waals surface area contributed by atoms with Crippen LogP contribution in [0.3, 0.4) is 0 Å². The Balaban J connectivity index is 1.93. The van der Waals surface area contributed by atoms with Crippen molar-refractivity contribution in [3.63, 3.8) is 0 Å². The standard InChI is InChI=1S/C19H29N5O2/c1-14-18(15(2)24(4)23-14)13-21-19(20-3)22-16-8-6-9-17(12-16)26-11-7-10-25-5/h6,8-9,12H,7,10-11,13H2,1-5H3,(H2,20,21,22). The minimum Gasteiger partial charge on any atom is -0.493 e. The molecular weight excluding hydrogens is 330 g/mol. The van der Waals surface area contributed by atoms with Gasteiger partial charge in [-0.15, -0.1) is 0 Å². The van der Waals surface area contributed by atoms with Crippen molar-refractivity contribution in [3.05, 3.63) is 41.2 Å². The third-order valence-electron chi connectivity index (χ3n) is 4.17. The fraction of sp³-hybridized carbons (Fsp3) is 0.474. The second-order valence-electron chi connectivity index (χ2n) is 6.05. The van der Waals surface area contributed by atoms with E-state index in [-0.39, 0.29) is 0 Å². The van der Waals surface area contributed by atoms with Gasteiger partial charge in [0.05, 0.1) is 12.3 Å². The van der Waals surface area contributed by atoms with E-state index < -0.39 is 0 Å². The Morgan fingerprint density at radius 3 is 2.73 bits per heavy atom. The molecule has 0 radical (unpaired) electrons. The lowest BCUT2D eigenvalue weighted by atomic mass is 10.2. The normalized spacial score (nSPS) is 11.5. The summed E-state index contributed by atoms with van der Waals surface area (Å²) in [5.74, 6) is 1.52. The van der Waals surface area contributed by atoms with Crippen molar-refractivity contribution < 1.29 is 9.47 Å². The molecule has 0 unspecified atom stereocenters. The van der Waals surface area contributed by atoms with Crippen LogP contribution in [-0.2, 0) is 18.3 Å². The van der Waals surface area contributed by atoms with E-state index in [1.165, 1.54) is 5.56 Å². The summed E-state index contributed by atoms with van der Waals surface area (Å²) >= 11 is 0. The quantitative estimate of drug-likeness (QED) is 0.431. The van der Waals surface area contributed by atoms with Crippen LogP contribution < -0.4 is 15.4 Å². The molecule has 0 saturated carbocycles. The van der Waals surface area contributed by atoms with Gasteiger partial charge in [0.15, 0.2) is 5.96 Å². The van der Waals surface area contributed by atoms with Crippen molar-refractivity contribution in [2.24, 2.45) is 12.0 Å². The molecule has 1 aromatic heterocycles. The largest absolute Gasteiger partial charge is 0.493 e. The molecule has 1 aromatic carbocycles. The number of aryl methyl sites for hydroxylation is 2. The van der Waals surface area contributed by atoms with E-state index in [2.05, 4.69) is 27.6 Å². The number of anilines is 1. The zero-order valence-electron chi connectivity index (χ0n) is 16.3. The summed E-state index contributed by atoms with van der Waals surface area (Å²) in [5.41, 5.74) is 4.28. The Hall–Kier alpha value is -2.54. The van der Waals surface area contributed by atoms with Crippen LogP contribution in [0, 0.1) is 13.8 Å². The van der Waals surface area contributed by atoms with Gasteiger partial charge in [-0.1, -0.05) is 6.07 Å². The highest BCUT2D eigenvalue weighted by atomic mass is 16.5. The average Bonchev–Trinajstić information content (AvgIpc) is 2.88. The number of aromatic nitrogens is 2. The third kappa shape index (κ3) is 5.49. The van der Waals surface area contributed by atoms with Gasteiger partial charge in [-0.25, -0.2) is 0 Å². The molecule has 7 heteroatoms. The number of hydrogen-bond donors (Lipinski definition) is 2. The lowest BCUT2D eigenvalue weighted by Crippen LogP contribution is -2.30. The van der Waals surface area contributed by atoms with Crippen molar-refractivity contribution in [2.75, 3.05) is 32.7 Å². The molecule has 0 aliphatic rings. The second-order valence-corrected chi connectivity index (χ2v) is 6.05. The van der Waals surface area contributed by atoms with E-state index in [1.807, 2.05) is 42.9 Å². The van der Waals surface area contributed by atoms with Crippen molar-refractivity contribution in [3.8, 4) is 5.75 Å². The van der Waals surface area contributed by atoms with Crippen molar-refractivity contribution in [1.82, 2.24) is 15.1 Å². The Morgan fingerprint density at radius 1 is 1.27 bits per heavy atom. The molecule has 2 aromatic rings. The first-order valence-corrected chi connectivity index (χ1v) is 8.73. The molecule has 26 heavy (non-hydrogen) atoms. The summed E-state index contributed by atoms with van der Waals surface area (Å²) in [5, 5.41) is 11.1. The van der Waals surface area contributed by atoms with Gasteiger partial charge in [-0.05, 0) is 26.0 Å². The first-order chi connectivity index (χ1) is 12.5. The van der Waals surface area contributed by atoms with Gasteiger partial charge in [0.25, 0.3) is 0 Å². The molecule has 2 rings (SSSR count). The number of nitrogens with one attached hydrogen (secondary N) is 2. The van der Waals surface area contributed by atoms with Crippen molar-refractivity contribution in [2.45, 2.75) is 26.8 Å². The van der Waals surface area contributed by atoms with E-state index in [4.69, 9.17) is 9.47 Å². The lowest BCUT2D eigenvalue weighted by molar-refractivity contribution is 0.172. The van der Waals surface area contributed by atoms with Crippen LogP contribution in [0.1, 0.15) is 23.4 Å². The number of ether oxygens (including phenoxy) is 2. The van der Waals surface area contributed by atoms with Crippen LogP contribution in [0.5, 0.6) is 5.75 Å². The number of rotatable bonds is 8. The van der Waals surface area contributed by atoms with Crippen LogP contribution in [0.2, 0.25) is 0 Å². The zero-order chi connectivity index (χ0) is 18.9. The molecular formula is C19H29N5O2. The molecule has 0 amide bonds. The summed E-state index contributed by atoms with van der Waals surface area (Å²) in [4.78, 5) is 4.29. The molecule has 2 N–H and O–H groups in total. The molecule has 1 heterocycles. The number of methoxy groups -OCH3 is 1. The van der Waals surface area contributed by atoms with Gasteiger partial charge in [0.2, 0.25) is 0 Å². The SMILES string of the molecule is CN=C(NCc1c(C)nn(C)c1C)Nc1cccc(OCCCOC)c1. The maximum Gasteiger partial charge on any atom is 0.195 e. The minimum atomic E-state index is 0.629. The molecule has 0 bridgehead atoms. The average molecular weight is 359 g/mol. The van der Waals surface area contributed by atoms with Crippen LogP contribution in [0.15, 0.2) is 29.3 Å². The highest BCUT2D eigenvalue weighted by Gasteiger charge is 2.10. The van der Waals surface area contributed by atoms with Crippen LogP contribution >= 0.6 is 0 Å². The van der Waals surface area contributed by atoms with E-state index in [1.54, 1.807) is 14.2 Å². The summed E-state index contributed by atoms with van der Waals surface area (Å²) in [6, 6.07) is 7.84. The molecule has 0 saturated heterocycles.